The Hall–Kier alpha value is -3.55. The zero-order chi connectivity index (χ0) is 22.1. The second-order valence-electron chi connectivity index (χ2n) is 9.08. The molecule has 2 bridgehead atoms. The molecule has 8 heteroatoms. The fourth-order valence-corrected chi connectivity index (χ4v) is 5.84. The molecule has 3 heterocycles. The van der Waals surface area contributed by atoms with E-state index in [1.807, 2.05) is 16.8 Å². The Labute approximate surface area is 183 Å². The van der Waals surface area contributed by atoms with E-state index in [2.05, 4.69) is 34.0 Å². The molecular formula is C24H20F2N6. The maximum Gasteiger partial charge on any atom is 0.156 e. The van der Waals surface area contributed by atoms with Gasteiger partial charge >= 0.3 is 0 Å². The minimum absolute atomic E-state index is 0.140. The van der Waals surface area contributed by atoms with Crippen LogP contribution >= 0.6 is 0 Å². The summed E-state index contributed by atoms with van der Waals surface area (Å²) >= 11 is 0. The predicted octanol–water partition coefficient (Wildman–Crippen LogP) is 4.60. The number of hydrogen-bond donors (Lipinski definition) is 0. The first-order valence-corrected chi connectivity index (χ1v) is 10.6. The van der Waals surface area contributed by atoms with E-state index in [-0.39, 0.29) is 22.6 Å². The number of imidazole rings is 1. The number of rotatable bonds is 3. The molecule has 3 aromatic heterocycles. The fraction of sp³-hybridized carbons (Fsp3) is 0.292. The fourth-order valence-electron chi connectivity index (χ4n) is 5.84. The van der Waals surface area contributed by atoms with Crippen LogP contribution in [0.15, 0.2) is 55.4 Å². The van der Waals surface area contributed by atoms with Crippen LogP contribution in [0.1, 0.15) is 49.6 Å². The van der Waals surface area contributed by atoms with Crippen LogP contribution in [0.2, 0.25) is 0 Å². The van der Waals surface area contributed by atoms with Crippen LogP contribution in [0, 0.1) is 17.0 Å². The van der Waals surface area contributed by atoms with Crippen LogP contribution in [0.25, 0.3) is 17.1 Å². The van der Waals surface area contributed by atoms with E-state index in [9.17, 15) is 8.78 Å². The second-order valence-corrected chi connectivity index (χ2v) is 9.08. The molecule has 6 nitrogen and oxygen atoms in total. The molecule has 4 aromatic rings. The van der Waals surface area contributed by atoms with Gasteiger partial charge in [0.25, 0.3) is 0 Å². The van der Waals surface area contributed by atoms with Gasteiger partial charge in [-0.05, 0) is 47.9 Å². The Kier molecular flexibility index (Phi) is 3.88. The van der Waals surface area contributed by atoms with Crippen molar-refractivity contribution in [3.05, 3.63) is 84.0 Å². The second kappa shape index (κ2) is 6.48. The Morgan fingerprint density at radius 3 is 2.62 bits per heavy atom. The molecule has 1 saturated carbocycles. The topological polar surface area (TPSA) is 69.4 Å². The smallest absolute Gasteiger partial charge is 0.156 e. The summed E-state index contributed by atoms with van der Waals surface area (Å²) in [4.78, 5) is 13.5. The first-order chi connectivity index (χ1) is 15.4. The lowest BCUT2D eigenvalue weighted by molar-refractivity contribution is 0.242. The number of hydrogen-bond acceptors (Lipinski definition) is 5. The quantitative estimate of drug-likeness (QED) is 0.475. The largest absolute Gasteiger partial charge is 0.289 e. The molecule has 0 amide bonds. The van der Waals surface area contributed by atoms with Crippen LogP contribution < -0.4 is 0 Å². The lowest BCUT2D eigenvalue weighted by atomic mass is 9.66. The van der Waals surface area contributed by atoms with Crippen molar-refractivity contribution in [2.75, 3.05) is 0 Å². The van der Waals surface area contributed by atoms with Crippen LogP contribution in [-0.4, -0.2) is 29.7 Å². The molecule has 160 valence electrons. The van der Waals surface area contributed by atoms with Gasteiger partial charge in [0.05, 0.1) is 34.3 Å². The monoisotopic (exact) mass is 430 g/mol. The van der Waals surface area contributed by atoms with E-state index in [1.165, 1.54) is 18.2 Å². The molecule has 2 atom stereocenters. The molecule has 0 N–H and O–H groups in total. The minimum atomic E-state index is -0.643. The van der Waals surface area contributed by atoms with Gasteiger partial charge in [-0.2, -0.15) is 5.10 Å². The van der Waals surface area contributed by atoms with Crippen molar-refractivity contribution >= 4 is 0 Å². The Morgan fingerprint density at radius 1 is 1.06 bits per heavy atom. The SMILES string of the molecule is CC1(C)C2CC[C@]1(c1cncc(-n3ccnc3)n1)c1nnc(-c3c(F)cccc3F)cc12. The summed E-state index contributed by atoms with van der Waals surface area (Å²) in [6, 6.07) is 5.63. The molecule has 2 aliphatic rings. The summed E-state index contributed by atoms with van der Waals surface area (Å²) in [5.41, 5.74) is 2.04. The number of fused-ring (bicyclic) bond motifs is 5. The normalized spacial score (nSPS) is 22.8. The van der Waals surface area contributed by atoms with Gasteiger partial charge < -0.3 is 0 Å². The zero-order valence-corrected chi connectivity index (χ0v) is 17.6. The van der Waals surface area contributed by atoms with Crippen molar-refractivity contribution in [2.45, 2.75) is 38.0 Å². The van der Waals surface area contributed by atoms with Gasteiger partial charge in [-0.3, -0.25) is 9.55 Å². The van der Waals surface area contributed by atoms with E-state index in [0.717, 1.165) is 29.8 Å². The molecule has 0 radical (unpaired) electrons. The average Bonchev–Trinajstić information content (AvgIpc) is 3.45. The molecule has 1 unspecified atom stereocenters. The molecule has 1 fully saturated rings. The highest BCUT2D eigenvalue weighted by Crippen LogP contribution is 2.69. The van der Waals surface area contributed by atoms with Crippen molar-refractivity contribution in [1.82, 2.24) is 29.7 Å². The van der Waals surface area contributed by atoms with Gasteiger partial charge in [0, 0.05) is 18.6 Å². The van der Waals surface area contributed by atoms with Crippen molar-refractivity contribution < 1.29 is 8.78 Å². The van der Waals surface area contributed by atoms with Gasteiger partial charge in [-0.1, -0.05) is 19.9 Å². The Morgan fingerprint density at radius 2 is 1.88 bits per heavy atom. The summed E-state index contributed by atoms with van der Waals surface area (Å²) < 4.78 is 30.6. The Bertz CT molecular complexity index is 1330. The molecule has 2 aliphatic carbocycles. The minimum Gasteiger partial charge on any atom is -0.289 e. The summed E-state index contributed by atoms with van der Waals surface area (Å²) in [6.45, 7) is 4.42. The standard InChI is InChI=1S/C24H20F2N6/c1-23(2)15-6-7-24(23,19-11-28-12-20(29-19)32-9-8-27-13-32)22-14(15)10-18(30-31-22)21-16(25)4-3-5-17(21)26/h3-5,8-13,15H,6-7H2,1-2H3/t15?,24-/m0/s1. The van der Waals surface area contributed by atoms with Gasteiger partial charge in [0.1, 0.15) is 18.0 Å². The lowest BCUT2D eigenvalue weighted by Gasteiger charge is -2.37. The van der Waals surface area contributed by atoms with E-state index in [0.29, 0.717) is 5.82 Å². The average molecular weight is 430 g/mol. The number of halogens is 2. The van der Waals surface area contributed by atoms with E-state index in [1.54, 1.807) is 24.9 Å². The van der Waals surface area contributed by atoms with Crippen molar-refractivity contribution in [1.29, 1.82) is 0 Å². The van der Waals surface area contributed by atoms with Crippen LogP contribution in [0.5, 0.6) is 0 Å². The number of benzene rings is 1. The summed E-state index contributed by atoms with van der Waals surface area (Å²) in [6.07, 6.45) is 10.5. The highest BCUT2D eigenvalue weighted by Gasteiger charge is 2.65. The Balaban J connectivity index is 1.54. The van der Waals surface area contributed by atoms with Crippen LogP contribution in [-0.2, 0) is 5.41 Å². The summed E-state index contributed by atoms with van der Waals surface area (Å²) in [5, 5.41) is 8.84. The highest BCUT2D eigenvalue weighted by molar-refractivity contribution is 5.64. The molecule has 6 rings (SSSR count). The third-order valence-corrected chi connectivity index (χ3v) is 7.43. The van der Waals surface area contributed by atoms with Crippen molar-refractivity contribution in [2.24, 2.45) is 5.41 Å². The first-order valence-electron chi connectivity index (χ1n) is 10.6. The summed E-state index contributed by atoms with van der Waals surface area (Å²) in [5.74, 6) is -0.425. The molecule has 32 heavy (non-hydrogen) atoms. The van der Waals surface area contributed by atoms with Crippen molar-refractivity contribution in [3.63, 3.8) is 0 Å². The molecule has 1 aromatic carbocycles. The van der Waals surface area contributed by atoms with Gasteiger partial charge in [0.2, 0.25) is 0 Å². The van der Waals surface area contributed by atoms with Gasteiger partial charge in [-0.15, -0.1) is 5.10 Å². The predicted molar refractivity (Wildman–Crippen MR) is 113 cm³/mol. The van der Waals surface area contributed by atoms with E-state index < -0.39 is 17.0 Å². The maximum absolute atomic E-state index is 14.4. The lowest BCUT2D eigenvalue weighted by Crippen LogP contribution is -2.38. The van der Waals surface area contributed by atoms with Gasteiger partial charge in [0.15, 0.2) is 5.82 Å². The maximum atomic E-state index is 14.4. The highest BCUT2D eigenvalue weighted by atomic mass is 19.1. The van der Waals surface area contributed by atoms with Gasteiger partial charge in [-0.25, -0.2) is 18.7 Å². The van der Waals surface area contributed by atoms with Crippen LogP contribution in [0.4, 0.5) is 8.78 Å². The molecule has 0 saturated heterocycles. The van der Waals surface area contributed by atoms with E-state index >= 15 is 0 Å². The number of nitrogens with zero attached hydrogens (tertiary/aromatic N) is 6. The van der Waals surface area contributed by atoms with Crippen LogP contribution in [0.3, 0.4) is 0 Å². The molecule has 0 spiro atoms. The molecule has 0 aliphatic heterocycles. The van der Waals surface area contributed by atoms with E-state index in [4.69, 9.17) is 4.98 Å². The third kappa shape index (κ3) is 2.35. The number of aromatic nitrogens is 6. The van der Waals surface area contributed by atoms with Crippen molar-refractivity contribution in [3.8, 4) is 17.1 Å². The zero-order valence-electron chi connectivity index (χ0n) is 17.6. The third-order valence-electron chi connectivity index (χ3n) is 7.43. The molecular weight excluding hydrogens is 410 g/mol. The summed E-state index contributed by atoms with van der Waals surface area (Å²) in [7, 11) is 0. The first kappa shape index (κ1) is 19.2.